The smallest absolute Gasteiger partial charge is 0.257 e. The average Bonchev–Trinajstić information content (AvgIpc) is 2.74. The van der Waals surface area contributed by atoms with Crippen molar-refractivity contribution in [3.8, 4) is 5.75 Å². The van der Waals surface area contributed by atoms with Crippen molar-refractivity contribution in [1.29, 1.82) is 0 Å². The second-order valence-electron chi connectivity index (χ2n) is 7.06. The number of anilines is 2. The summed E-state index contributed by atoms with van der Waals surface area (Å²) in [6.45, 7) is 0.451. The molecule has 7 heteroatoms. The van der Waals surface area contributed by atoms with Gasteiger partial charge in [-0.1, -0.05) is 36.4 Å². The molecule has 0 heterocycles. The minimum absolute atomic E-state index is 0.0717. The number of hydrogen-bond donors (Lipinski definition) is 2. The predicted octanol–water partition coefficient (Wildman–Crippen LogP) is 4.16. The third kappa shape index (κ3) is 6.13. The summed E-state index contributed by atoms with van der Waals surface area (Å²) in [5.41, 5.74) is 2.17. The van der Waals surface area contributed by atoms with Crippen LogP contribution in [0.3, 0.4) is 0 Å². The van der Waals surface area contributed by atoms with Crippen molar-refractivity contribution in [1.82, 2.24) is 4.90 Å². The molecule has 3 aromatic carbocycles. The highest BCUT2D eigenvalue weighted by Crippen LogP contribution is 2.19. The Labute approximate surface area is 180 Å². The Balaban J connectivity index is 1.61. The summed E-state index contributed by atoms with van der Waals surface area (Å²) in [4.78, 5) is 26.9. The molecule has 6 nitrogen and oxygen atoms in total. The molecule has 0 bridgehead atoms. The van der Waals surface area contributed by atoms with Gasteiger partial charge in [-0.15, -0.1) is 0 Å². The maximum absolute atomic E-state index is 13.9. The van der Waals surface area contributed by atoms with Crippen molar-refractivity contribution in [2.24, 2.45) is 0 Å². The summed E-state index contributed by atoms with van der Waals surface area (Å²) < 4.78 is 18.8. The van der Waals surface area contributed by atoms with Gasteiger partial charge < -0.3 is 15.4 Å². The van der Waals surface area contributed by atoms with E-state index < -0.39 is 5.82 Å². The molecule has 2 amide bonds. The van der Waals surface area contributed by atoms with Crippen molar-refractivity contribution in [2.45, 2.75) is 6.54 Å². The van der Waals surface area contributed by atoms with Crippen molar-refractivity contribution < 1.29 is 18.7 Å². The molecule has 0 saturated carbocycles. The molecule has 3 rings (SSSR count). The van der Waals surface area contributed by atoms with Gasteiger partial charge >= 0.3 is 0 Å². The first-order valence-electron chi connectivity index (χ1n) is 9.72. The molecule has 2 N–H and O–H groups in total. The Morgan fingerprint density at radius 1 is 0.968 bits per heavy atom. The third-order valence-corrected chi connectivity index (χ3v) is 4.56. The molecule has 0 fully saturated rings. The lowest BCUT2D eigenvalue weighted by molar-refractivity contribution is -0.117. The van der Waals surface area contributed by atoms with Gasteiger partial charge in [0.05, 0.1) is 24.9 Å². The van der Waals surface area contributed by atoms with E-state index in [-0.39, 0.29) is 24.1 Å². The highest BCUT2D eigenvalue weighted by Gasteiger charge is 2.15. The quantitative estimate of drug-likeness (QED) is 0.573. The molecule has 0 aliphatic heterocycles. The Hall–Kier alpha value is -3.71. The molecule has 0 radical (unpaired) electrons. The fourth-order valence-electron chi connectivity index (χ4n) is 3.12. The van der Waals surface area contributed by atoms with Gasteiger partial charge in [-0.2, -0.15) is 0 Å². The lowest BCUT2D eigenvalue weighted by Crippen LogP contribution is -2.30. The molecule has 31 heavy (non-hydrogen) atoms. The number of hydrogen-bond acceptors (Lipinski definition) is 4. The summed E-state index contributed by atoms with van der Waals surface area (Å²) in [6.07, 6.45) is 0. The number of rotatable bonds is 8. The van der Waals surface area contributed by atoms with Crippen molar-refractivity contribution >= 4 is 23.2 Å². The number of likely N-dealkylation sites (N-methyl/N-ethyl adjacent to an activating group) is 1. The zero-order chi connectivity index (χ0) is 22.2. The number of amides is 2. The summed E-state index contributed by atoms with van der Waals surface area (Å²) in [6, 6.07) is 20.6. The maximum atomic E-state index is 13.9. The Morgan fingerprint density at radius 3 is 2.39 bits per heavy atom. The summed E-state index contributed by atoms with van der Waals surface area (Å²) >= 11 is 0. The van der Waals surface area contributed by atoms with E-state index in [1.54, 1.807) is 60.5 Å². The van der Waals surface area contributed by atoms with Crippen LogP contribution in [0.2, 0.25) is 0 Å². The SMILES string of the molecule is COc1ccc(CN(C)CC(=O)Nc2ccccc2C(=O)Nc2ccccc2)cc1F. The highest BCUT2D eigenvalue weighted by molar-refractivity contribution is 6.10. The van der Waals surface area contributed by atoms with Crippen LogP contribution in [0.1, 0.15) is 15.9 Å². The number of carbonyl (C=O) groups is 2. The second-order valence-corrected chi connectivity index (χ2v) is 7.06. The Kier molecular flexibility index (Phi) is 7.35. The van der Waals surface area contributed by atoms with Gasteiger partial charge in [-0.05, 0) is 49.0 Å². The third-order valence-electron chi connectivity index (χ3n) is 4.56. The number of carbonyl (C=O) groups excluding carboxylic acids is 2. The van der Waals surface area contributed by atoms with Crippen molar-refractivity contribution in [2.75, 3.05) is 31.3 Å². The van der Waals surface area contributed by atoms with Crippen LogP contribution in [-0.2, 0) is 11.3 Å². The van der Waals surface area contributed by atoms with E-state index >= 15 is 0 Å². The first-order valence-corrected chi connectivity index (χ1v) is 9.72. The van der Waals surface area contributed by atoms with Crippen LogP contribution in [0, 0.1) is 5.82 Å². The van der Waals surface area contributed by atoms with Gasteiger partial charge in [-0.3, -0.25) is 14.5 Å². The number of nitrogens with one attached hydrogen (secondary N) is 2. The van der Waals surface area contributed by atoms with Gasteiger partial charge in [0, 0.05) is 12.2 Å². The molecular formula is C24H24FN3O3. The molecule has 0 aliphatic carbocycles. The second kappa shape index (κ2) is 10.4. The van der Waals surface area contributed by atoms with Crippen LogP contribution < -0.4 is 15.4 Å². The fraction of sp³-hybridized carbons (Fsp3) is 0.167. The van der Waals surface area contributed by atoms with E-state index in [9.17, 15) is 14.0 Å². The standard InChI is InChI=1S/C24H24FN3O3/c1-28(15-17-12-13-22(31-2)20(25)14-17)16-23(29)27-21-11-7-6-10-19(21)24(30)26-18-8-4-3-5-9-18/h3-14H,15-16H2,1-2H3,(H,26,30)(H,27,29). The number of benzene rings is 3. The van der Waals surface area contributed by atoms with Crippen LogP contribution >= 0.6 is 0 Å². The van der Waals surface area contributed by atoms with E-state index in [1.165, 1.54) is 13.2 Å². The largest absolute Gasteiger partial charge is 0.494 e. The lowest BCUT2D eigenvalue weighted by atomic mass is 10.1. The minimum atomic E-state index is -0.448. The number of halogens is 1. The number of para-hydroxylation sites is 2. The summed E-state index contributed by atoms with van der Waals surface area (Å²) in [5.74, 6) is -0.869. The summed E-state index contributed by atoms with van der Waals surface area (Å²) in [7, 11) is 3.17. The molecule has 0 atom stereocenters. The zero-order valence-corrected chi connectivity index (χ0v) is 17.4. The predicted molar refractivity (Wildman–Crippen MR) is 119 cm³/mol. The zero-order valence-electron chi connectivity index (χ0n) is 17.4. The molecule has 160 valence electrons. The minimum Gasteiger partial charge on any atom is -0.494 e. The average molecular weight is 421 g/mol. The fourth-order valence-corrected chi connectivity index (χ4v) is 3.12. The maximum Gasteiger partial charge on any atom is 0.257 e. The molecule has 0 aliphatic rings. The monoisotopic (exact) mass is 421 g/mol. The number of ether oxygens (including phenoxy) is 1. The van der Waals surface area contributed by atoms with Crippen molar-refractivity contribution in [3.05, 3.63) is 89.7 Å². The van der Waals surface area contributed by atoms with E-state index in [4.69, 9.17) is 4.74 Å². The molecule has 0 aromatic heterocycles. The van der Waals surface area contributed by atoms with E-state index in [2.05, 4.69) is 10.6 Å². The van der Waals surface area contributed by atoms with Gasteiger partial charge in [0.2, 0.25) is 5.91 Å². The molecule has 3 aromatic rings. The van der Waals surface area contributed by atoms with Crippen LogP contribution in [0.25, 0.3) is 0 Å². The normalized spacial score (nSPS) is 10.6. The number of methoxy groups -OCH3 is 1. The summed E-state index contributed by atoms with van der Waals surface area (Å²) in [5, 5.41) is 5.60. The Bertz CT molecular complexity index is 1060. The van der Waals surface area contributed by atoms with Crippen LogP contribution in [-0.4, -0.2) is 37.4 Å². The van der Waals surface area contributed by atoms with E-state index in [0.717, 1.165) is 5.56 Å². The molecular weight excluding hydrogens is 397 g/mol. The highest BCUT2D eigenvalue weighted by atomic mass is 19.1. The lowest BCUT2D eigenvalue weighted by Gasteiger charge is -2.18. The van der Waals surface area contributed by atoms with Gasteiger partial charge in [-0.25, -0.2) is 4.39 Å². The van der Waals surface area contributed by atoms with Crippen LogP contribution in [0.5, 0.6) is 5.75 Å². The molecule has 0 unspecified atom stereocenters. The van der Waals surface area contributed by atoms with Crippen LogP contribution in [0.15, 0.2) is 72.8 Å². The molecule has 0 saturated heterocycles. The Morgan fingerprint density at radius 2 is 1.68 bits per heavy atom. The van der Waals surface area contributed by atoms with Crippen LogP contribution in [0.4, 0.5) is 15.8 Å². The topological polar surface area (TPSA) is 70.7 Å². The van der Waals surface area contributed by atoms with Crippen molar-refractivity contribution in [3.63, 3.8) is 0 Å². The van der Waals surface area contributed by atoms with E-state index in [0.29, 0.717) is 23.5 Å². The van der Waals surface area contributed by atoms with Gasteiger partial charge in [0.15, 0.2) is 11.6 Å². The van der Waals surface area contributed by atoms with Gasteiger partial charge in [0.1, 0.15) is 0 Å². The van der Waals surface area contributed by atoms with Gasteiger partial charge in [0.25, 0.3) is 5.91 Å². The first kappa shape index (κ1) is 22.0. The number of nitrogens with zero attached hydrogens (tertiary/aromatic N) is 1. The van der Waals surface area contributed by atoms with E-state index in [1.807, 2.05) is 18.2 Å². The first-order chi connectivity index (χ1) is 15.0. The molecule has 0 spiro atoms.